The molecule has 1 aromatic carbocycles. The molecular weight excluding hydrogens is 192 g/mol. The Balaban J connectivity index is 2.60. The van der Waals surface area contributed by atoms with E-state index in [1.807, 2.05) is 24.3 Å². The number of nitrogens with two attached hydrogens (primary N) is 2. The fourth-order valence-corrected chi connectivity index (χ4v) is 1.32. The summed E-state index contributed by atoms with van der Waals surface area (Å²) in [7, 11) is 0. The van der Waals surface area contributed by atoms with Gasteiger partial charge in [0.15, 0.2) is 0 Å². The van der Waals surface area contributed by atoms with Crippen LogP contribution in [0.5, 0.6) is 0 Å². The molecule has 1 atom stereocenters. The first-order valence-electron chi connectivity index (χ1n) is 4.89. The molecule has 0 amide bonds. The smallest absolute Gasteiger partial charge is 0.303 e. The van der Waals surface area contributed by atoms with E-state index in [0.717, 1.165) is 11.1 Å². The lowest BCUT2D eigenvalue weighted by Crippen LogP contribution is -2.20. The Bertz CT molecular complexity index is 322. The molecule has 0 radical (unpaired) electrons. The molecule has 0 heterocycles. The molecule has 0 saturated heterocycles. The third-order valence-electron chi connectivity index (χ3n) is 2.29. The van der Waals surface area contributed by atoms with Gasteiger partial charge < -0.3 is 16.6 Å². The number of rotatable bonds is 5. The van der Waals surface area contributed by atoms with Crippen LogP contribution >= 0.6 is 0 Å². The van der Waals surface area contributed by atoms with Crippen molar-refractivity contribution in [1.82, 2.24) is 0 Å². The summed E-state index contributed by atoms with van der Waals surface area (Å²) in [4.78, 5) is 10.4. The molecule has 0 bridgehead atoms. The number of hydrogen-bond acceptors (Lipinski definition) is 3. The molecule has 5 N–H and O–H groups in total. The van der Waals surface area contributed by atoms with Crippen molar-refractivity contribution >= 4 is 5.97 Å². The first-order chi connectivity index (χ1) is 7.13. The minimum atomic E-state index is -0.780. The maximum atomic E-state index is 10.4. The van der Waals surface area contributed by atoms with Crippen LogP contribution in [-0.2, 0) is 11.2 Å². The van der Waals surface area contributed by atoms with Gasteiger partial charge in [-0.3, -0.25) is 4.79 Å². The van der Waals surface area contributed by atoms with Crippen LogP contribution in [0.15, 0.2) is 24.3 Å². The highest BCUT2D eigenvalue weighted by Gasteiger charge is 2.03. The van der Waals surface area contributed by atoms with Gasteiger partial charge >= 0.3 is 5.97 Å². The second-order valence-corrected chi connectivity index (χ2v) is 3.48. The molecule has 82 valence electrons. The van der Waals surface area contributed by atoms with Gasteiger partial charge in [-0.1, -0.05) is 24.3 Å². The van der Waals surface area contributed by atoms with E-state index < -0.39 is 5.97 Å². The summed E-state index contributed by atoms with van der Waals surface area (Å²) in [5, 5.41) is 8.52. The molecule has 1 aromatic rings. The van der Waals surface area contributed by atoms with E-state index in [0.29, 0.717) is 13.0 Å². The summed E-state index contributed by atoms with van der Waals surface area (Å²) < 4.78 is 0. The summed E-state index contributed by atoms with van der Waals surface area (Å²) in [6, 6.07) is 7.45. The van der Waals surface area contributed by atoms with E-state index in [9.17, 15) is 4.79 Å². The Morgan fingerprint density at radius 3 is 2.40 bits per heavy atom. The molecule has 0 spiro atoms. The van der Waals surface area contributed by atoms with Crippen molar-refractivity contribution < 1.29 is 9.90 Å². The average Bonchev–Trinajstić information content (AvgIpc) is 2.26. The number of hydrogen-bond donors (Lipinski definition) is 3. The van der Waals surface area contributed by atoms with Crippen molar-refractivity contribution in [2.75, 3.05) is 6.54 Å². The molecule has 4 heteroatoms. The van der Waals surface area contributed by atoms with Gasteiger partial charge in [-0.25, -0.2) is 0 Å². The fourth-order valence-electron chi connectivity index (χ4n) is 1.32. The molecule has 0 aliphatic carbocycles. The Labute approximate surface area is 88.9 Å². The average molecular weight is 208 g/mol. The molecule has 0 aromatic heterocycles. The van der Waals surface area contributed by atoms with E-state index in [2.05, 4.69) is 0 Å². The summed E-state index contributed by atoms with van der Waals surface area (Å²) in [5.41, 5.74) is 13.2. The Kier molecular flexibility index (Phi) is 4.27. The highest BCUT2D eigenvalue weighted by Crippen LogP contribution is 2.11. The van der Waals surface area contributed by atoms with Gasteiger partial charge in [0.25, 0.3) is 0 Å². The second-order valence-electron chi connectivity index (χ2n) is 3.48. The highest BCUT2D eigenvalue weighted by molar-refractivity contribution is 5.67. The van der Waals surface area contributed by atoms with Crippen molar-refractivity contribution in [1.29, 1.82) is 0 Å². The molecule has 0 fully saturated rings. The molecule has 0 aliphatic rings. The van der Waals surface area contributed by atoms with Crippen LogP contribution in [0.4, 0.5) is 0 Å². The van der Waals surface area contributed by atoms with E-state index in [1.165, 1.54) is 0 Å². The molecule has 1 unspecified atom stereocenters. The minimum absolute atomic E-state index is 0.140. The van der Waals surface area contributed by atoms with Gasteiger partial charge in [-0.05, 0) is 17.5 Å². The van der Waals surface area contributed by atoms with E-state index in [-0.39, 0.29) is 12.5 Å². The predicted molar refractivity (Wildman–Crippen MR) is 58.4 cm³/mol. The summed E-state index contributed by atoms with van der Waals surface area (Å²) in [6.07, 6.45) is 0.704. The van der Waals surface area contributed by atoms with Crippen LogP contribution in [0.2, 0.25) is 0 Å². The lowest BCUT2D eigenvalue weighted by molar-refractivity contribution is -0.136. The van der Waals surface area contributed by atoms with Gasteiger partial charge in [0.05, 0.1) is 0 Å². The van der Waals surface area contributed by atoms with Gasteiger partial charge in [0.2, 0.25) is 0 Å². The van der Waals surface area contributed by atoms with Crippen molar-refractivity contribution in [2.45, 2.75) is 18.9 Å². The zero-order valence-electron chi connectivity index (χ0n) is 8.52. The molecular formula is C11H16N2O2. The highest BCUT2D eigenvalue weighted by atomic mass is 16.4. The number of aliphatic carboxylic acids is 1. The van der Waals surface area contributed by atoms with Crippen molar-refractivity contribution in [3.8, 4) is 0 Å². The lowest BCUT2D eigenvalue weighted by Gasteiger charge is -2.09. The summed E-state index contributed by atoms with van der Waals surface area (Å²) in [6.45, 7) is 0.411. The van der Waals surface area contributed by atoms with Crippen LogP contribution in [0.1, 0.15) is 23.6 Å². The first kappa shape index (κ1) is 11.7. The number of carboxylic acid groups (broad SMARTS) is 1. The number of benzene rings is 1. The zero-order chi connectivity index (χ0) is 11.3. The summed E-state index contributed by atoms with van der Waals surface area (Å²) >= 11 is 0. The van der Waals surface area contributed by atoms with Gasteiger partial charge in [0, 0.05) is 19.0 Å². The van der Waals surface area contributed by atoms with Gasteiger partial charge in [0.1, 0.15) is 0 Å². The van der Waals surface area contributed by atoms with Crippen LogP contribution in [0, 0.1) is 0 Å². The maximum absolute atomic E-state index is 10.4. The quantitative estimate of drug-likeness (QED) is 0.663. The second kappa shape index (κ2) is 5.48. The van der Waals surface area contributed by atoms with Gasteiger partial charge in [-0.15, -0.1) is 0 Å². The fraction of sp³-hybridized carbons (Fsp3) is 0.364. The van der Waals surface area contributed by atoms with Crippen molar-refractivity contribution in [3.05, 3.63) is 35.4 Å². The van der Waals surface area contributed by atoms with Crippen LogP contribution in [0.3, 0.4) is 0 Å². The summed E-state index contributed by atoms with van der Waals surface area (Å²) in [5.74, 6) is -0.780. The Hall–Kier alpha value is -1.39. The minimum Gasteiger partial charge on any atom is -0.481 e. The molecule has 1 rings (SSSR count). The van der Waals surface area contributed by atoms with E-state index >= 15 is 0 Å². The first-order valence-corrected chi connectivity index (χ1v) is 4.89. The molecule has 15 heavy (non-hydrogen) atoms. The largest absolute Gasteiger partial charge is 0.481 e. The predicted octanol–water partition coefficient (Wildman–Crippen LogP) is 0.662. The van der Waals surface area contributed by atoms with Gasteiger partial charge in [-0.2, -0.15) is 0 Å². The monoisotopic (exact) mass is 208 g/mol. The van der Waals surface area contributed by atoms with E-state index in [4.69, 9.17) is 16.6 Å². The molecule has 0 aliphatic heterocycles. The Morgan fingerprint density at radius 1 is 1.33 bits per heavy atom. The van der Waals surface area contributed by atoms with Crippen molar-refractivity contribution in [3.63, 3.8) is 0 Å². The number of carboxylic acids is 1. The van der Waals surface area contributed by atoms with E-state index in [1.54, 1.807) is 0 Å². The van der Waals surface area contributed by atoms with Crippen LogP contribution < -0.4 is 11.5 Å². The topological polar surface area (TPSA) is 89.3 Å². The number of aryl methyl sites for hydroxylation is 1. The Morgan fingerprint density at radius 2 is 1.93 bits per heavy atom. The SMILES string of the molecule is NCC(N)c1ccc(CCC(=O)O)cc1. The van der Waals surface area contributed by atoms with Crippen molar-refractivity contribution in [2.24, 2.45) is 11.5 Å². The standard InChI is InChI=1S/C11H16N2O2/c12-7-10(13)9-4-1-8(2-5-9)3-6-11(14)15/h1-2,4-5,10H,3,6-7,12-13H2,(H,14,15). The van der Waals surface area contributed by atoms with Crippen LogP contribution in [0.25, 0.3) is 0 Å². The third kappa shape index (κ3) is 3.69. The normalized spacial score (nSPS) is 12.4. The maximum Gasteiger partial charge on any atom is 0.303 e. The van der Waals surface area contributed by atoms with Crippen LogP contribution in [-0.4, -0.2) is 17.6 Å². The third-order valence-corrected chi connectivity index (χ3v) is 2.29. The lowest BCUT2D eigenvalue weighted by atomic mass is 10.0. The molecule has 4 nitrogen and oxygen atoms in total. The number of carbonyl (C=O) groups is 1. The molecule has 0 saturated carbocycles. The zero-order valence-corrected chi connectivity index (χ0v) is 8.52.